The Morgan fingerprint density at radius 3 is 2.15 bits per heavy atom. The van der Waals surface area contributed by atoms with Gasteiger partial charge in [-0.05, 0) is 47.5 Å². The zero-order chi connectivity index (χ0) is 20.2. The molecule has 0 radical (unpaired) electrons. The summed E-state index contributed by atoms with van der Waals surface area (Å²) in [6.07, 6.45) is 4.71. The van der Waals surface area contributed by atoms with Crippen LogP contribution in [0.25, 0.3) is 0 Å². The quantitative estimate of drug-likeness (QED) is 0.493. The molecule has 1 rings (SSSR count). The average Bonchev–Trinajstić information content (AvgIpc) is 2.76. The lowest BCUT2D eigenvalue weighted by Crippen LogP contribution is -2.36. The van der Waals surface area contributed by atoms with Crippen molar-refractivity contribution in [3.05, 3.63) is 34.6 Å². The van der Waals surface area contributed by atoms with Crippen molar-refractivity contribution in [3.63, 3.8) is 0 Å². The molecule has 3 atom stereocenters. The molecule has 0 amide bonds. The number of aliphatic hydroxyl groups excluding tert-OH is 1. The molecule has 1 aliphatic rings. The molecule has 0 spiro atoms. The molecular formula is C22H32O4. The summed E-state index contributed by atoms with van der Waals surface area (Å²) >= 11 is 0. The monoisotopic (exact) mass is 360 g/mol. The van der Waals surface area contributed by atoms with E-state index in [0.29, 0.717) is 12.8 Å². The van der Waals surface area contributed by atoms with Gasteiger partial charge in [0.05, 0.1) is 11.0 Å². The van der Waals surface area contributed by atoms with E-state index in [-0.39, 0.29) is 35.2 Å². The van der Waals surface area contributed by atoms with E-state index in [2.05, 4.69) is 0 Å². The summed E-state index contributed by atoms with van der Waals surface area (Å²) in [5, 5.41) is 10.8. The van der Waals surface area contributed by atoms with Crippen LogP contribution in [0.15, 0.2) is 34.6 Å². The second-order valence-electron chi connectivity index (χ2n) is 7.94. The first kappa shape index (κ1) is 22.1. The summed E-state index contributed by atoms with van der Waals surface area (Å²) in [6, 6.07) is 0. The molecular weight excluding hydrogens is 328 g/mol. The molecule has 0 aromatic carbocycles. The molecule has 4 heteroatoms. The third kappa shape index (κ3) is 4.22. The zero-order valence-corrected chi connectivity index (χ0v) is 17.1. The molecule has 0 saturated heterocycles. The Kier molecular flexibility index (Phi) is 7.31. The number of Topliss-reactive ketones (excluding diaryl/α,β-unsaturated/α-hetero) is 3. The van der Waals surface area contributed by atoms with Crippen LogP contribution in [0.2, 0.25) is 0 Å². The van der Waals surface area contributed by atoms with Crippen molar-refractivity contribution < 1.29 is 19.5 Å². The first-order valence-electron chi connectivity index (χ1n) is 9.30. The minimum Gasteiger partial charge on any atom is -0.510 e. The molecule has 2 unspecified atom stereocenters. The maximum absolute atomic E-state index is 13.0. The highest BCUT2D eigenvalue weighted by Crippen LogP contribution is 2.48. The number of ketones is 3. The van der Waals surface area contributed by atoms with Gasteiger partial charge in [0, 0.05) is 18.3 Å². The predicted octanol–water partition coefficient (Wildman–Crippen LogP) is 4.90. The van der Waals surface area contributed by atoms with Gasteiger partial charge in [-0.15, -0.1) is 0 Å². The molecule has 0 aromatic rings. The van der Waals surface area contributed by atoms with Crippen molar-refractivity contribution in [1.82, 2.24) is 0 Å². The number of carbonyl (C=O) groups excluding carboxylic acids is 3. The fourth-order valence-electron chi connectivity index (χ4n) is 3.18. The van der Waals surface area contributed by atoms with Gasteiger partial charge in [0.15, 0.2) is 17.3 Å². The average molecular weight is 360 g/mol. The van der Waals surface area contributed by atoms with Crippen molar-refractivity contribution in [2.24, 2.45) is 17.3 Å². The molecule has 0 heterocycles. The van der Waals surface area contributed by atoms with Gasteiger partial charge in [0.1, 0.15) is 5.76 Å². The van der Waals surface area contributed by atoms with Crippen LogP contribution in [-0.2, 0) is 14.4 Å². The van der Waals surface area contributed by atoms with Gasteiger partial charge in [-0.3, -0.25) is 14.4 Å². The number of rotatable bonds is 8. The third-order valence-corrected chi connectivity index (χ3v) is 5.33. The van der Waals surface area contributed by atoms with Crippen LogP contribution in [0.1, 0.15) is 67.7 Å². The van der Waals surface area contributed by atoms with Gasteiger partial charge in [0.25, 0.3) is 0 Å². The molecule has 0 aromatic heterocycles. The van der Waals surface area contributed by atoms with E-state index in [0.717, 1.165) is 11.1 Å². The lowest BCUT2D eigenvalue weighted by atomic mass is 9.72. The van der Waals surface area contributed by atoms with Crippen molar-refractivity contribution in [2.45, 2.75) is 67.7 Å². The Hall–Kier alpha value is -1.97. The molecule has 1 aliphatic carbocycles. The van der Waals surface area contributed by atoms with Crippen molar-refractivity contribution in [2.75, 3.05) is 0 Å². The Labute approximate surface area is 157 Å². The minimum absolute atomic E-state index is 0.131. The van der Waals surface area contributed by atoms with Crippen LogP contribution in [0.5, 0.6) is 0 Å². The van der Waals surface area contributed by atoms with Gasteiger partial charge < -0.3 is 5.11 Å². The van der Waals surface area contributed by atoms with Gasteiger partial charge in [0.2, 0.25) is 0 Å². The Morgan fingerprint density at radius 1 is 1.15 bits per heavy atom. The molecule has 26 heavy (non-hydrogen) atoms. The number of hydrogen-bond acceptors (Lipinski definition) is 4. The summed E-state index contributed by atoms with van der Waals surface area (Å²) < 4.78 is 0. The topological polar surface area (TPSA) is 71.4 Å². The van der Waals surface area contributed by atoms with Crippen molar-refractivity contribution in [1.29, 1.82) is 0 Å². The molecule has 0 aliphatic heterocycles. The third-order valence-electron chi connectivity index (χ3n) is 5.33. The minimum atomic E-state index is -1.35. The first-order valence-corrected chi connectivity index (χ1v) is 9.30. The fraction of sp³-hybridized carbons (Fsp3) is 0.591. The van der Waals surface area contributed by atoms with Crippen molar-refractivity contribution in [3.8, 4) is 0 Å². The van der Waals surface area contributed by atoms with E-state index >= 15 is 0 Å². The van der Waals surface area contributed by atoms with Gasteiger partial charge >= 0.3 is 0 Å². The van der Waals surface area contributed by atoms with E-state index in [9.17, 15) is 19.5 Å². The lowest BCUT2D eigenvalue weighted by Gasteiger charge is -2.28. The maximum atomic E-state index is 13.0. The summed E-state index contributed by atoms with van der Waals surface area (Å²) in [4.78, 5) is 38.7. The molecule has 0 saturated carbocycles. The Balaban J connectivity index is 3.45. The lowest BCUT2D eigenvalue weighted by molar-refractivity contribution is -0.134. The summed E-state index contributed by atoms with van der Waals surface area (Å²) in [6.45, 7) is 12.8. The largest absolute Gasteiger partial charge is 0.510 e. The highest BCUT2D eigenvalue weighted by Gasteiger charge is 2.56. The first-order chi connectivity index (χ1) is 12.0. The fourth-order valence-corrected chi connectivity index (χ4v) is 3.18. The van der Waals surface area contributed by atoms with Crippen LogP contribution in [0.3, 0.4) is 0 Å². The van der Waals surface area contributed by atoms with Crippen LogP contribution in [0, 0.1) is 17.3 Å². The summed E-state index contributed by atoms with van der Waals surface area (Å²) in [5.41, 5.74) is 0.497. The normalized spacial score (nSPS) is 23.7. The Morgan fingerprint density at radius 2 is 1.69 bits per heavy atom. The van der Waals surface area contributed by atoms with E-state index in [4.69, 9.17) is 0 Å². The van der Waals surface area contributed by atoms with E-state index in [1.165, 1.54) is 0 Å². The van der Waals surface area contributed by atoms with E-state index in [1.54, 1.807) is 19.9 Å². The Bertz CT molecular complexity index is 685. The van der Waals surface area contributed by atoms with Gasteiger partial charge in [-0.1, -0.05) is 37.1 Å². The molecule has 144 valence electrons. The number of carbonyl (C=O) groups is 3. The molecule has 0 fully saturated rings. The highest BCUT2D eigenvalue weighted by molar-refractivity contribution is 6.25. The van der Waals surface area contributed by atoms with E-state index < -0.39 is 17.1 Å². The van der Waals surface area contributed by atoms with Crippen LogP contribution < -0.4 is 0 Å². The standard InChI is InChI=1S/C22H32O4/c1-8-15(6)19(24)18-20(25)16(11-9-13(2)3)22(7,21(18)26)17(23)12-10-14(4)5/h9-10,15-16,26H,8,11-12H2,1-7H3/t15?,16?,22-/m0/s1. The summed E-state index contributed by atoms with van der Waals surface area (Å²) in [7, 11) is 0. The van der Waals surface area contributed by atoms with Crippen LogP contribution >= 0.6 is 0 Å². The molecule has 4 nitrogen and oxygen atoms in total. The van der Waals surface area contributed by atoms with Crippen molar-refractivity contribution >= 4 is 17.3 Å². The second-order valence-corrected chi connectivity index (χ2v) is 7.94. The predicted molar refractivity (Wildman–Crippen MR) is 104 cm³/mol. The SMILES string of the molecule is CCC(C)C(=O)C1=C(O)[C@](C)(C(=O)CC=C(C)C)C(CC=C(C)C)C1=O. The van der Waals surface area contributed by atoms with Gasteiger partial charge in [-0.2, -0.15) is 0 Å². The smallest absolute Gasteiger partial charge is 0.174 e. The zero-order valence-electron chi connectivity index (χ0n) is 17.1. The maximum Gasteiger partial charge on any atom is 0.174 e. The second kappa shape index (κ2) is 8.61. The highest BCUT2D eigenvalue weighted by atomic mass is 16.3. The number of hydrogen-bond donors (Lipinski definition) is 1. The molecule has 1 N–H and O–H groups in total. The van der Waals surface area contributed by atoms with Crippen LogP contribution in [0.4, 0.5) is 0 Å². The van der Waals surface area contributed by atoms with Crippen LogP contribution in [-0.4, -0.2) is 22.5 Å². The molecule has 0 bridgehead atoms. The number of allylic oxidation sites excluding steroid dienone is 6. The number of aliphatic hydroxyl groups is 1. The van der Waals surface area contributed by atoms with Gasteiger partial charge in [-0.25, -0.2) is 0 Å². The van der Waals surface area contributed by atoms with E-state index in [1.807, 2.05) is 40.7 Å². The summed E-state index contributed by atoms with van der Waals surface area (Å²) in [5.74, 6) is -2.45.